The van der Waals surface area contributed by atoms with Crippen LogP contribution in [0.15, 0.2) is 60.7 Å². The number of thioether (sulfide) groups is 1. The van der Waals surface area contributed by atoms with Crippen molar-refractivity contribution in [2.45, 2.75) is 18.4 Å². The summed E-state index contributed by atoms with van der Waals surface area (Å²) in [5, 5.41) is 13.2. The molecule has 0 heterocycles. The van der Waals surface area contributed by atoms with E-state index in [4.69, 9.17) is 0 Å². The van der Waals surface area contributed by atoms with Gasteiger partial charge in [0, 0.05) is 12.3 Å². The molecule has 0 aromatic heterocycles. The van der Waals surface area contributed by atoms with Gasteiger partial charge in [0.05, 0.1) is 11.5 Å². The summed E-state index contributed by atoms with van der Waals surface area (Å²) >= 11 is 1.56. The van der Waals surface area contributed by atoms with Crippen LogP contribution < -0.4 is 5.32 Å². The highest BCUT2D eigenvalue weighted by Crippen LogP contribution is 2.25. The van der Waals surface area contributed by atoms with Gasteiger partial charge in [0.2, 0.25) is 5.91 Å². The summed E-state index contributed by atoms with van der Waals surface area (Å²) < 4.78 is 0. The Morgan fingerprint density at radius 2 is 1.57 bits per heavy atom. The summed E-state index contributed by atoms with van der Waals surface area (Å²) in [6, 6.07) is 19.4. The monoisotopic (exact) mass is 329 g/mol. The molecule has 2 rings (SSSR count). The van der Waals surface area contributed by atoms with E-state index >= 15 is 0 Å². The standard InChI is InChI=1S/C19H23NO2S/c1-19(22,14-23-2)13-20-18(21)17(15-9-5-3-6-10-15)16-11-7-4-8-12-16/h3-12,17,22H,13-14H2,1-2H3,(H,20,21). The van der Waals surface area contributed by atoms with Crippen molar-refractivity contribution in [2.24, 2.45) is 0 Å². The minimum absolute atomic E-state index is 0.0937. The van der Waals surface area contributed by atoms with Crippen LogP contribution in [-0.4, -0.2) is 35.2 Å². The quantitative estimate of drug-likeness (QED) is 0.821. The van der Waals surface area contributed by atoms with Crippen molar-refractivity contribution >= 4 is 17.7 Å². The van der Waals surface area contributed by atoms with Gasteiger partial charge in [-0.25, -0.2) is 0 Å². The first-order valence-corrected chi connectivity index (χ1v) is 9.02. The van der Waals surface area contributed by atoms with Gasteiger partial charge in [-0.1, -0.05) is 60.7 Å². The number of benzene rings is 2. The largest absolute Gasteiger partial charge is 0.387 e. The highest BCUT2D eigenvalue weighted by Gasteiger charge is 2.26. The van der Waals surface area contributed by atoms with E-state index in [0.717, 1.165) is 11.1 Å². The third-order valence-electron chi connectivity index (χ3n) is 3.63. The van der Waals surface area contributed by atoms with Gasteiger partial charge >= 0.3 is 0 Å². The molecule has 0 saturated heterocycles. The molecule has 3 nitrogen and oxygen atoms in total. The second kappa shape index (κ2) is 8.18. The van der Waals surface area contributed by atoms with Crippen LogP contribution in [0, 0.1) is 0 Å². The van der Waals surface area contributed by atoms with Crippen molar-refractivity contribution in [3.8, 4) is 0 Å². The highest BCUT2D eigenvalue weighted by atomic mass is 32.2. The molecule has 0 radical (unpaired) electrons. The first-order chi connectivity index (χ1) is 11.0. The molecule has 2 aromatic carbocycles. The molecule has 23 heavy (non-hydrogen) atoms. The van der Waals surface area contributed by atoms with Gasteiger partial charge in [0.25, 0.3) is 0 Å². The Labute approximate surface area is 142 Å². The Morgan fingerprint density at radius 3 is 2.00 bits per heavy atom. The molecule has 0 aliphatic heterocycles. The van der Waals surface area contributed by atoms with E-state index in [9.17, 15) is 9.90 Å². The fourth-order valence-electron chi connectivity index (χ4n) is 2.53. The number of aliphatic hydroxyl groups is 1. The molecule has 0 aliphatic rings. The third kappa shape index (κ3) is 5.12. The van der Waals surface area contributed by atoms with Gasteiger partial charge in [-0.05, 0) is 24.3 Å². The van der Waals surface area contributed by atoms with E-state index in [0.29, 0.717) is 5.75 Å². The fraction of sp³-hybridized carbons (Fsp3) is 0.316. The molecule has 0 spiro atoms. The number of amides is 1. The molecule has 1 unspecified atom stereocenters. The number of carbonyl (C=O) groups is 1. The van der Waals surface area contributed by atoms with Crippen LogP contribution in [0.3, 0.4) is 0 Å². The minimum atomic E-state index is -0.910. The molecule has 0 bridgehead atoms. The second-order valence-corrected chi connectivity index (χ2v) is 6.77. The van der Waals surface area contributed by atoms with E-state index in [1.807, 2.05) is 66.9 Å². The second-order valence-electron chi connectivity index (χ2n) is 5.90. The fourth-order valence-corrected chi connectivity index (χ4v) is 3.25. The Kier molecular flexibility index (Phi) is 6.25. The third-order valence-corrected chi connectivity index (χ3v) is 4.54. The molecule has 0 aliphatic carbocycles. The van der Waals surface area contributed by atoms with Gasteiger partial charge < -0.3 is 10.4 Å². The zero-order valence-electron chi connectivity index (χ0n) is 13.5. The molecule has 2 N–H and O–H groups in total. The molecule has 0 saturated carbocycles. The van der Waals surface area contributed by atoms with Crippen LogP contribution in [0.5, 0.6) is 0 Å². The van der Waals surface area contributed by atoms with Crippen molar-refractivity contribution in [3.63, 3.8) is 0 Å². The highest BCUT2D eigenvalue weighted by molar-refractivity contribution is 7.98. The molecular formula is C19H23NO2S. The van der Waals surface area contributed by atoms with E-state index < -0.39 is 5.60 Å². The lowest BCUT2D eigenvalue weighted by Crippen LogP contribution is -2.44. The number of hydrogen-bond donors (Lipinski definition) is 2. The summed E-state index contributed by atoms with van der Waals surface area (Å²) in [6.45, 7) is 1.98. The maximum Gasteiger partial charge on any atom is 0.232 e. The van der Waals surface area contributed by atoms with Crippen molar-refractivity contribution < 1.29 is 9.90 Å². The topological polar surface area (TPSA) is 49.3 Å². The van der Waals surface area contributed by atoms with E-state index in [1.54, 1.807) is 18.7 Å². The normalized spacial score (nSPS) is 13.6. The van der Waals surface area contributed by atoms with Gasteiger partial charge in [0.1, 0.15) is 0 Å². The summed E-state index contributed by atoms with van der Waals surface area (Å²) in [5.74, 6) is 0.112. The van der Waals surface area contributed by atoms with Crippen LogP contribution in [-0.2, 0) is 4.79 Å². The maximum absolute atomic E-state index is 12.8. The predicted molar refractivity (Wildman–Crippen MR) is 96.7 cm³/mol. The molecule has 0 fully saturated rings. The Bertz CT molecular complexity index is 574. The van der Waals surface area contributed by atoms with E-state index in [-0.39, 0.29) is 18.4 Å². The van der Waals surface area contributed by atoms with Gasteiger partial charge in [0.15, 0.2) is 0 Å². The molecule has 2 aromatic rings. The number of nitrogens with one attached hydrogen (secondary N) is 1. The number of carbonyl (C=O) groups excluding carboxylic acids is 1. The average molecular weight is 329 g/mol. The van der Waals surface area contributed by atoms with Crippen LogP contribution in [0.2, 0.25) is 0 Å². The lowest BCUT2D eigenvalue weighted by Gasteiger charge is -2.25. The van der Waals surface area contributed by atoms with Crippen molar-refractivity contribution in [2.75, 3.05) is 18.6 Å². The Morgan fingerprint density at radius 1 is 1.09 bits per heavy atom. The molecule has 122 valence electrons. The lowest BCUT2D eigenvalue weighted by molar-refractivity contribution is -0.122. The first-order valence-electron chi connectivity index (χ1n) is 7.62. The van der Waals surface area contributed by atoms with Gasteiger partial charge in [-0.3, -0.25) is 4.79 Å². The SMILES string of the molecule is CSCC(C)(O)CNC(=O)C(c1ccccc1)c1ccccc1. The van der Waals surface area contributed by atoms with Crippen molar-refractivity contribution in [1.82, 2.24) is 5.32 Å². The zero-order chi connectivity index (χ0) is 16.7. The number of rotatable bonds is 7. The minimum Gasteiger partial charge on any atom is -0.387 e. The van der Waals surface area contributed by atoms with Crippen molar-refractivity contribution in [1.29, 1.82) is 0 Å². The van der Waals surface area contributed by atoms with E-state index in [2.05, 4.69) is 5.32 Å². The summed E-state index contributed by atoms with van der Waals surface area (Å²) in [7, 11) is 0. The summed E-state index contributed by atoms with van der Waals surface area (Å²) in [5.41, 5.74) is 0.980. The van der Waals surface area contributed by atoms with E-state index in [1.165, 1.54) is 0 Å². The average Bonchev–Trinajstić information content (AvgIpc) is 2.55. The van der Waals surface area contributed by atoms with Crippen molar-refractivity contribution in [3.05, 3.63) is 71.8 Å². The van der Waals surface area contributed by atoms with Gasteiger partial charge in [-0.2, -0.15) is 11.8 Å². The van der Waals surface area contributed by atoms with Crippen LogP contribution in [0.1, 0.15) is 24.0 Å². The summed E-state index contributed by atoms with van der Waals surface area (Å²) in [6.07, 6.45) is 1.94. The summed E-state index contributed by atoms with van der Waals surface area (Å²) in [4.78, 5) is 12.8. The van der Waals surface area contributed by atoms with Gasteiger partial charge in [-0.15, -0.1) is 0 Å². The Balaban J connectivity index is 2.20. The van der Waals surface area contributed by atoms with Crippen LogP contribution >= 0.6 is 11.8 Å². The molecule has 4 heteroatoms. The van der Waals surface area contributed by atoms with Crippen LogP contribution in [0.25, 0.3) is 0 Å². The first kappa shape index (κ1) is 17.6. The smallest absolute Gasteiger partial charge is 0.232 e. The Hall–Kier alpha value is -1.78. The lowest BCUT2D eigenvalue weighted by atomic mass is 9.90. The van der Waals surface area contributed by atoms with Crippen LogP contribution in [0.4, 0.5) is 0 Å². The molecule has 1 amide bonds. The predicted octanol–water partition coefficient (Wildman–Crippen LogP) is 3.05. The molecular weight excluding hydrogens is 306 g/mol. The number of hydrogen-bond acceptors (Lipinski definition) is 3. The molecule has 1 atom stereocenters. The zero-order valence-corrected chi connectivity index (χ0v) is 14.3. The maximum atomic E-state index is 12.8.